The third-order valence-electron chi connectivity index (χ3n) is 6.05. The predicted octanol–water partition coefficient (Wildman–Crippen LogP) is 5.60. The molecule has 2 heterocycles. The minimum absolute atomic E-state index is 0.237. The van der Waals surface area contributed by atoms with Gasteiger partial charge in [0.2, 0.25) is 0 Å². The van der Waals surface area contributed by atoms with Gasteiger partial charge in [0.1, 0.15) is 17.7 Å². The molecule has 1 aliphatic rings. The molecule has 1 unspecified atom stereocenters. The van der Waals surface area contributed by atoms with E-state index in [0.717, 1.165) is 54.3 Å². The number of hydrogen-bond acceptors (Lipinski definition) is 4. The van der Waals surface area contributed by atoms with Crippen molar-refractivity contribution < 1.29 is 9.18 Å². The van der Waals surface area contributed by atoms with E-state index in [4.69, 9.17) is 0 Å². The maximum Gasteiger partial charge on any atom is 0.251 e. The molecule has 0 saturated heterocycles. The molecule has 6 nitrogen and oxygen atoms in total. The Bertz CT molecular complexity index is 1270. The molecule has 0 spiro atoms. The highest BCUT2D eigenvalue weighted by molar-refractivity contribution is 5.97. The number of carbonyl (C=O) groups is 1. The highest BCUT2D eigenvalue weighted by atomic mass is 19.1. The lowest BCUT2D eigenvalue weighted by Gasteiger charge is -2.20. The first-order valence-corrected chi connectivity index (χ1v) is 11.6. The van der Waals surface area contributed by atoms with E-state index < -0.39 is 6.04 Å². The fraction of sp³-hybridized carbons (Fsp3) is 0.222. The van der Waals surface area contributed by atoms with E-state index in [1.165, 1.54) is 18.6 Å². The zero-order valence-electron chi connectivity index (χ0n) is 18.7. The second-order valence-corrected chi connectivity index (χ2v) is 8.47. The molecular weight excluding hydrogens is 429 g/mol. The minimum atomic E-state index is -0.642. The summed E-state index contributed by atoms with van der Waals surface area (Å²) in [4.78, 5) is 13.3. The van der Waals surface area contributed by atoms with Crippen LogP contribution in [-0.4, -0.2) is 20.7 Å². The Morgan fingerprint density at radius 1 is 0.882 bits per heavy atom. The molecular formula is C27H26FN5O. The first-order chi connectivity index (χ1) is 16.7. The normalized spacial score (nSPS) is 14.0. The zero-order chi connectivity index (χ0) is 23.3. The summed E-state index contributed by atoms with van der Waals surface area (Å²) in [5.74, 6) is 1.30. The van der Waals surface area contributed by atoms with Crippen LogP contribution in [0.25, 0.3) is 11.4 Å². The van der Waals surface area contributed by atoms with Crippen LogP contribution in [0.5, 0.6) is 0 Å². The lowest BCUT2D eigenvalue weighted by atomic mass is 10.0. The predicted molar refractivity (Wildman–Crippen MR) is 131 cm³/mol. The van der Waals surface area contributed by atoms with Crippen LogP contribution >= 0.6 is 0 Å². The topological polar surface area (TPSA) is 71.8 Å². The molecule has 0 fully saturated rings. The second-order valence-electron chi connectivity index (χ2n) is 8.47. The molecule has 4 aromatic rings. The molecule has 3 aromatic carbocycles. The Labute approximate surface area is 197 Å². The van der Waals surface area contributed by atoms with E-state index in [-0.39, 0.29) is 11.7 Å². The SMILES string of the molecule is O=C(Nc1ccc(F)cc1)C(Nc1cccc(-c2nnc3n2CCCCC3)c1)c1ccccc1. The van der Waals surface area contributed by atoms with E-state index in [2.05, 4.69) is 25.4 Å². The Morgan fingerprint density at radius 3 is 2.53 bits per heavy atom. The molecule has 7 heteroatoms. The van der Waals surface area contributed by atoms with Crippen LogP contribution in [0.3, 0.4) is 0 Å². The summed E-state index contributed by atoms with van der Waals surface area (Å²) in [6, 6.07) is 22.5. The van der Waals surface area contributed by atoms with Crippen molar-refractivity contribution in [1.29, 1.82) is 0 Å². The molecule has 0 saturated carbocycles. The van der Waals surface area contributed by atoms with Gasteiger partial charge in [0, 0.05) is 29.9 Å². The average molecular weight is 456 g/mol. The summed E-state index contributed by atoms with van der Waals surface area (Å²) < 4.78 is 15.5. The van der Waals surface area contributed by atoms with Crippen LogP contribution in [0.2, 0.25) is 0 Å². The maximum absolute atomic E-state index is 13.3. The molecule has 1 amide bonds. The second kappa shape index (κ2) is 9.87. The third kappa shape index (κ3) is 4.83. The van der Waals surface area contributed by atoms with Crippen molar-refractivity contribution in [2.75, 3.05) is 10.6 Å². The summed E-state index contributed by atoms with van der Waals surface area (Å²) in [6.07, 6.45) is 4.41. The van der Waals surface area contributed by atoms with Gasteiger partial charge in [-0.1, -0.05) is 48.9 Å². The number of nitrogens with zero attached hydrogens (tertiary/aromatic N) is 3. The highest BCUT2D eigenvalue weighted by Gasteiger charge is 2.22. The lowest BCUT2D eigenvalue weighted by Crippen LogP contribution is -2.27. The molecule has 0 bridgehead atoms. The summed E-state index contributed by atoms with van der Waals surface area (Å²) in [7, 11) is 0. The molecule has 5 rings (SSSR count). The van der Waals surface area contributed by atoms with Crippen molar-refractivity contribution in [1.82, 2.24) is 14.8 Å². The summed E-state index contributed by atoms with van der Waals surface area (Å²) in [6.45, 7) is 0.919. The minimum Gasteiger partial charge on any atom is -0.370 e. The van der Waals surface area contributed by atoms with Crippen molar-refractivity contribution in [3.8, 4) is 11.4 Å². The zero-order valence-corrected chi connectivity index (χ0v) is 18.7. The number of halogens is 1. The van der Waals surface area contributed by atoms with Gasteiger partial charge in [-0.05, 0) is 54.8 Å². The van der Waals surface area contributed by atoms with E-state index in [9.17, 15) is 9.18 Å². The lowest BCUT2D eigenvalue weighted by molar-refractivity contribution is -0.117. The van der Waals surface area contributed by atoms with Gasteiger partial charge in [0.05, 0.1) is 0 Å². The van der Waals surface area contributed by atoms with Crippen LogP contribution in [0.1, 0.15) is 36.7 Å². The first kappa shape index (κ1) is 21.8. The summed E-state index contributed by atoms with van der Waals surface area (Å²) in [5, 5.41) is 15.1. The molecule has 2 N–H and O–H groups in total. The fourth-order valence-electron chi connectivity index (χ4n) is 4.31. The largest absolute Gasteiger partial charge is 0.370 e. The van der Waals surface area contributed by atoms with Gasteiger partial charge >= 0.3 is 0 Å². The van der Waals surface area contributed by atoms with Crippen LogP contribution < -0.4 is 10.6 Å². The molecule has 1 aromatic heterocycles. The van der Waals surface area contributed by atoms with Crippen molar-refractivity contribution >= 4 is 17.3 Å². The first-order valence-electron chi connectivity index (χ1n) is 11.6. The fourth-order valence-corrected chi connectivity index (χ4v) is 4.31. The monoisotopic (exact) mass is 455 g/mol. The number of aromatic nitrogens is 3. The molecule has 172 valence electrons. The van der Waals surface area contributed by atoms with Crippen molar-refractivity contribution in [3.05, 3.63) is 96.1 Å². The number of fused-ring (bicyclic) bond motifs is 1. The van der Waals surface area contributed by atoms with Gasteiger partial charge in [-0.15, -0.1) is 10.2 Å². The van der Waals surface area contributed by atoms with Crippen LogP contribution in [0.4, 0.5) is 15.8 Å². The van der Waals surface area contributed by atoms with Gasteiger partial charge in [0.15, 0.2) is 5.82 Å². The molecule has 34 heavy (non-hydrogen) atoms. The number of benzene rings is 3. The van der Waals surface area contributed by atoms with Gasteiger partial charge in [-0.25, -0.2) is 4.39 Å². The molecule has 0 aliphatic carbocycles. The van der Waals surface area contributed by atoms with E-state index in [0.29, 0.717) is 5.69 Å². The van der Waals surface area contributed by atoms with Crippen molar-refractivity contribution in [2.45, 2.75) is 38.3 Å². The van der Waals surface area contributed by atoms with Crippen molar-refractivity contribution in [2.24, 2.45) is 0 Å². The van der Waals surface area contributed by atoms with E-state index >= 15 is 0 Å². The third-order valence-corrected chi connectivity index (χ3v) is 6.05. The number of hydrogen-bond donors (Lipinski definition) is 2. The van der Waals surface area contributed by atoms with Gasteiger partial charge < -0.3 is 15.2 Å². The molecule has 0 radical (unpaired) electrons. The molecule has 1 atom stereocenters. The van der Waals surface area contributed by atoms with Crippen LogP contribution in [0, 0.1) is 5.82 Å². The number of amides is 1. The smallest absolute Gasteiger partial charge is 0.251 e. The van der Waals surface area contributed by atoms with E-state index in [1.807, 2.05) is 54.6 Å². The van der Waals surface area contributed by atoms with E-state index in [1.54, 1.807) is 12.1 Å². The molecule has 1 aliphatic heterocycles. The number of rotatable bonds is 6. The van der Waals surface area contributed by atoms with Gasteiger partial charge in [0.25, 0.3) is 5.91 Å². The quantitative estimate of drug-likeness (QED) is 0.397. The van der Waals surface area contributed by atoms with Gasteiger partial charge in [-0.2, -0.15) is 0 Å². The highest BCUT2D eigenvalue weighted by Crippen LogP contribution is 2.27. The summed E-state index contributed by atoms with van der Waals surface area (Å²) in [5.41, 5.74) is 3.11. The van der Waals surface area contributed by atoms with Crippen molar-refractivity contribution in [3.63, 3.8) is 0 Å². The maximum atomic E-state index is 13.3. The number of aryl methyl sites for hydroxylation is 1. The number of carbonyl (C=O) groups excluding carboxylic acids is 1. The average Bonchev–Trinajstić information content (AvgIpc) is 3.12. The summed E-state index contributed by atoms with van der Waals surface area (Å²) >= 11 is 0. The van der Waals surface area contributed by atoms with Crippen LogP contribution in [-0.2, 0) is 17.8 Å². The number of nitrogens with one attached hydrogen (secondary N) is 2. The Morgan fingerprint density at radius 2 is 1.71 bits per heavy atom. The van der Waals surface area contributed by atoms with Crippen LogP contribution in [0.15, 0.2) is 78.9 Å². The van der Waals surface area contributed by atoms with Gasteiger partial charge in [-0.3, -0.25) is 4.79 Å². The number of anilines is 2. The Balaban J connectivity index is 1.42. The Kier molecular flexibility index (Phi) is 6.33. The Hall–Kier alpha value is -4.00. The standard InChI is InChI=1S/C27H26FN5O/c28-21-13-15-22(16-14-21)30-27(34)25(19-8-3-1-4-9-19)29-23-11-7-10-20(18-23)26-32-31-24-12-5-2-6-17-33(24)26/h1,3-4,7-11,13-16,18,25,29H,2,5-6,12,17H2,(H,30,34).